The van der Waals surface area contributed by atoms with Gasteiger partial charge in [0.25, 0.3) is 0 Å². The van der Waals surface area contributed by atoms with Gasteiger partial charge in [0.1, 0.15) is 11.5 Å². The molecule has 0 spiro atoms. The number of hydrogen-bond donors (Lipinski definition) is 0. The fourth-order valence-electron chi connectivity index (χ4n) is 2.93. The lowest BCUT2D eigenvalue weighted by Crippen LogP contribution is -1.98. The molecule has 0 unspecified atom stereocenters. The molecule has 1 rings (SSSR count). The van der Waals surface area contributed by atoms with Crippen LogP contribution in [-0.2, 0) is 0 Å². The molecule has 0 amide bonds. The number of unbranched alkanes of at least 4 members (excludes halogenated alkanes) is 8. The number of rotatable bonds is 13. The molecule has 0 aromatic heterocycles. The molecular formula is C21H31ClO3. The lowest BCUT2D eigenvalue weighted by atomic mass is 10.0. The van der Waals surface area contributed by atoms with Gasteiger partial charge < -0.3 is 9.47 Å². The molecule has 3 nitrogen and oxygen atoms in total. The normalized spacial score (nSPS) is 11.0. The van der Waals surface area contributed by atoms with Crippen LogP contribution in [0.2, 0.25) is 5.02 Å². The zero-order valence-corrected chi connectivity index (χ0v) is 16.5. The molecule has 0 fully saturated rings. The Bertz CT molecular complexity index is 553. The summed E-state index contributed by atoms with van der Waals surface area (Å²) in [6.07, 6.45) is 16.2. The van der Waals surface area contributed by atoms with Gasteiger partial charge in [-0.1, -0.05) is 75.6 Å². The van der Waals surface area contributed by atoms with Crippen molar-refractivity contribution in [2.24, 2.45) is 0 Å². The topological polar surface area (TPSA) is 35.5 Å². The number of carbonyl (C=O) groups is 1. The largest absolute Gasteiger partial charge is 0.495 e. The van der Waals surface area contributed by atoms with Crippen molar-refractivity contribution in [2.75, 3.05) is 14.2 Å². The summed E-state index contributed by atoms with van der Waals surface area (Å²) < 4.78 is 10.8. The van der Waals surface area contributed by atoms with Gasteiger partial charge in [0.15, 0.2) is 6.29 Å². The number of halogens is 1. The molecule has 0 radical (unpaired) electrons. The Kier molecular flexibility index (Phi) is 11.1. The predicted molar refractivity (Wildman–Crippen MR) is 106 cm³/mol. The number of ether oxygens (including phenoxy) is 2. The number of carbonyl (C=O) groups excluding carboxylic acids is 1. The highest BCUT2D eigenvalue weighted by atomic mass is 35.5. The van der Waals surface area contributed by atoms with Gasteiger partial charge in [-0.15, -0.1) is 0 Å². The first-order valence-corrected chi connectivity index (χ1v) is 9.63. The Morgan fingerprint density at radius 2 is 1.56 bits per heavy atom. The first kappa shape index (κ1) is 21.6. The molecule has 0 heterocycles. The van der Waals surface area contributed by atoms with Crippen LogP contribution in [0.3, 0.4) is 0 Å². The van der Waals surface area contributed by atoms with Gasteiger partial charge in [0, 0.05) is 0 Å². The second kappa shape index (κ2) is 12.8. The van der Waals surface area contributed by atoms with Gasteiger partial charge in [-0.3, -0.25) is 4.79 Å². The quantitative estimate of drug-likeness (QED) is 0.287. The number of hydrogen-bond acceptors (Lipinski definition) is 3. The Hall–Kier alpha value is -1.48. The van der Waals surface area contributed by atoms with E-state index in [1.165, 1.54) is 44.9 Å². The van der Waals surface area contributed by atoms with Crippen LogP contribution in [0, 0.1) is 0 Å². The Morgan fingerprint density at radius 3 is 2.12 bits per heavy atom. The lowest BCUT2D eigenvalue weighted by Gasteiger charge is -2.14. The molecule has 0 aliphatic heterocycles. The second-order valence-electron chi connectivity index (χ2n) is 6.21. The molecule has 140 valence electrons. The summed E-state index contributed by atoms with van der Waals surface area (Å²) in [4.78, 5) is 11.2. The van der Waals surface area contributed by atoms with Crippen LogP contribution in [-0.4, -0.2) is 20.5 Å². The number of aldehydes is 1. The van der Waals surface area contributed by atoms with Crippen molar-refractivity contribution in [1.29, 1.82) is 0 Å². The van der Waals surface area contributed by atoms with E-state index < -0.39 is 0 Å². The molecular weight excluding hydrogens is 336 g/mol. The standard InChI is InChI=1S/C21H31ClO3/c1-4-5-6-7-8-9-10-11-12-13-14-18-20(24-2)17(16-23)15-19(22)21(18)25-3/h13-16H,4-12H2,1-3H3/b14-13+. The van der Waals surface area contributed by atoms with Crippen LogP contribution in [0.4, 0.5) is 0 Å². The molecule has 0 aliphatic carbocycles. The van der Waals surface area contributed by atoms with Crippen LogP contribution in [0.15, 0.2) is 12.1 Å². The van der Waals surface area contributed by atoms with E-state index in [2.05, 4.69) is 13.0 Å². The van der Waals surface area contributed by atoms with Gasteiger partial charge in [0.2, 0.25) is 0 Å². The molecule has 1 aromatic rings. The highest BCUT2D eigenvalue weighted by Crippen LogP contribution is 2.39. The summed E-state index contributed by atoms with van der Waals surface area (Å²) in [6.45, 7) is 2.24. The molecule has 1 aromatic carbocycles. The first-order valence-electron chi connectivity index (χ1n) is 9.25. The van der Waals surface area contributed by atoms with Crippen molar-refractivity contribution >= 4 is 24.0 Å². The molecule has 0 saturated heterocycles. The minimum absolute atomic E-state index is 0.414. The van der Waals surface area contributed by atoms with E-state index in [9.17, 15) is 4.79 Å². The molecule has 0 atom stereocenters. The summed E-state index contributed by atoms with van der Waals surface area (Å²) in [7, 11) is 3.11. The van der Waals surface area contributed by atoms with Crippen molar-refractivity contribution in [1.82, 2.24) is 0 Å². The van der Waals surface area contributed by atoms with Crippen molar-refractivity contribution in [3.05, 3.63) is 28.3 Å². The van der Waals surface area contributed by atoms with Crippen molar-refractivity contribution in [2.45, 2.75) is 64.7 Å². The Morgan fingerprint density at radius 1 is 0.960 bits per heavy atom. The predicted octanol–water partition coefficient (Wildman–Crippen LogP) is 6.71. The molecule has 4 heteroatoms. The third-order valence-electron chi connectivity index (χ3n) is 4.29. The summed E-state index contributed by atoms with van der Waals surface area (Å²) in [5.74, 6) is 1.04. The van der Waals surface area contributed by atoms with E-state index in [0.29, 0.717) is 22.1 Å². The lowest BCUT2D eigenvalue weighted by molar-refractivity contribution is 0.112. The fraction of sp³-hybridized carbons (Fsp3) is 0.571. The van der Waals surface area contributed by atoms with E-state index in [4.69, 9.17) is 21.1 Å². The van der Waals surface area contributed by atoms with Crippen LogP contribution >= 0.6 is 11.6 Å². The van der Waals surface area contributed by atoms with Crippen LogP contribution in [0.25, 0.3) is 6.08 Å². The molecule has 0 bridgehead atoms. The van der Waals surface area contributed by atoms with Crippen molar-refractivity contribution < 1.29 is 14.3 Å². The Labute approximate surface area is 157 Å². The zero-order chi connectivity index (χ0) is 18.5. The average Bonchev–Trinajstić information content (AvgIpc) is 2.62. The third kappa shape index (κ3) is 7.11. The van der Waals surface area contributed by atoms with Crippen molar-refractivity contribution in [3.8, 4) is 11.5 Å². The minimum atomic E-state index is 0.414. The van der Waals surface area contributed by atoms with Crippen LogP contribution in [0.5, 0.6) is 11.5 Å². The van der Waals surface area contributed by atoms with Crippen LogP contribution in [0.1, 0.15) is 80.6 Å². The number of benzene rings is 1. The van der Waals surface area contributed by atoms with E-state index in [1.807, 2.05) is 6.08 Å². The van der Waals surface area contributed by atoms with E-state index in [0.717, 1.165) is 24.7 Å². The molecule has 25 heavy (non-hydrogen) atoms. The third-order valence-corrected chi connectivity index (χ3v) is 4.58. The highest BCUT2D eigenvalue weighted by molar-refractivity contribution is 6.32. The fourth-order valence-corrected chi connectivity index (χ4v) is 3.22. The average molecular weight is 367 g/mol. The van der Waals surface area contributed by atoms with E-state index in [-0.39, 0.29) is 0 Å². The number of allylic oxidation sites excluding steroid dienone is 1. The van der Waals surface area contributed by atoms with Gasteiger partial charge in [-0.05, 0) is 18.9 Å². The smallest absolute Gasteiger partial charge is 0.153 e. The summed E-state index contributed by atoms with van der Waals surface area (Å²) in [5, 5.41) is 0.414. The van der Waals surface area contributed by atoms with Gasteiger partial charge >= 0.3 is 0 Å². The maximum atomic E-state index is 11.2. The maximum Gasteiger partial charge on any atom is 0.153 e. The molecule has 0 N–H and O–H groups in total. The first-order chi connectivity index (χ1) is 12.2. The van der Waals surface area contributed by atoms with E-state index in [1.54, 1.807) is 20.3 Å². The van der Waals surface area contributed by atoms with Gasteiger partial charge in [0.05, 0.1) is 30.4 Å². The summed E-state index contributed by atoms with van der Waals surface area (Å²) in [6, 6.07) is 1.57. The maximum absolute atomic E-state index is 11.2. The zero-order valence-electron chi connectivity index (χ0n) is 15.8. The number of methoxy groups -OCH3 is 2. The summed E-state index contributed by atoms with van der Waals surface area (Å²) >= 11 is 6.20. The minimum Gasteiger partial charge on any atom is -0.495 e. The van der Waals surface area contributed by atoms with Crippen molar-refractivity contribution in [3.63, 3.8) is 0 Å². The SMILES string of the molecule is CCCCCCCCCC/C=C/c1c(OC)c(Cl)cc(C=O)c1OC. The highest BCUT2D eigenvalue weighted by Gasteiger charge is 2.16. The Balaban J connectivity index is 2.56. The van der Waals surface area contributed by atoms with Gasteiger partial charge in [-0.25, -0.2) is 0 Å². The molecule has 0 saturated carbocycles. The monoisotopic (exact) mass is 366 g/mol. The second-order valence-corrected chi connectivity index (χ2v) is 6.62. The van der Waals surface area contributed by atoms with Crippen LogP contribution < -0.4 is 9.47 Å². The van der Waals surface area contributed by atoms with E-state index >= 15 is 0 Å². The molecule has 0 aliphatic rings. The van der Waals surface area contributed by atoms with Gasteiger partial charge in [-0.2, -0.15) is 0 Å². The summed E-state index contributed by atoms with van der Waals surface area (Å²) in [5.41, 5.74) is 1.15.